The highest BCUT2D eigenvalue weighted by Crippen LogP contribution is 2.37. The van der Waals surface area contributed by atoms with E-state index in [4.69, 9.17) is 14.5 Å². The van der Waals surface area contributed by atoms with Crippen LogP contribution in [0.15, 0.2) is 43.0 Å². The summed E-state index contributed by atoms with van der Waals surface area (Å²) in [6, 6.07) is 8.62. The first-order chi connectivity index (χ1) is 9.40. The molecule has 110 valence electrons. The first kappa shape index (κ1) is 16.4. The van der Waals surface area contributed by atoms with E-state index in [1.807, 2.05) is 0 Å². The highest BCUT2D eigenvalue weighted by Gasteiger charge is 2.24. The molecule has 0 spiro atoms. The van der Waals surface area contributed by atoms with Crippen LogP contribution in [0, 0.1) is 0 Å². The Kier molecular flexibility index (Phi) is 6.41. The summed E-state index contributed by atoms with van der Waals surface area (Å²) in [5, 5.41) is 0. The zero-order chi connectivity index (χ0) is 15.0. The number of benzene rings is 1. The van der Waals surface area contributed by atoms with Gasteiger partial charge in [-0.2, -0.15) is 0 Å². The predicted octanol–water partition coefficient (Wildman–Crippen LogP) is 1.27. The van der Waals surface area contributed by atoms with Crippen molar-refractivity contribution in [3.63, 3.8) is 0 Å². The minimum Gasteiger partial charge on any atom is -0.491 e. The predicted molar refractivity (Wildman–Crippen MR) is 70.0 cm³/mol. The Morgan fingerprint density at radius 2 is 1.95 bits per heavy atom. The van der Waals surface area contributed by atoms with E-state index in [9.17, 15) is 9.36 Å². The number of phosphoric acid groups is 1. The fraction of sp³-hybridized carbons (Fsp3) is 0.250. The van der Waals surface area contributed by atoms with E-state index in [2.05, 4.69) is 15.8 Å². The normalized spacial score (nSPS) is 12.5. The summed E-state index contributed by atoms with van der Waals surface area (Å²) in [7, 11) is -4.71. The smallest absolute Gasteiger partial charge is 0.470 e. The lowest BCUT2D eigenvalue weighted by atomic mass is 10.3. The van der Waals surface area contributed by atoms with Crippen LogP contribution < -0.4 is 4.74 Å². The van der Waals surface area contributed by atoms with Gasteiger partial charge in [-0.1, -0.05) is 24.8 Å². The van der Waals surface area contributed by atoms with Crippen LogP contribution in [0.2, 0.25) is 0 Å². The molecule has 8 heteroatoms. The van der Waals surface area contributed by atoms with Crippen LogP contribution >= 0.6 is 7.82 Å². The van der Waals surface area contributed by atoms with Gasteiger partial charge in [0.2, 0.25) is 0 Å². The number of hydrogen-bond acceptors (Lipinski definition) is 5. The van der Waals surface area contributed by atoms with Gasteiger partial charge in [-0.25, -0.2) is 9.36 Å². The maximum absolute atomic E-state index is 10.9. The second-order valence-corrected chi connectivity index (χ2v) is 4.87. The van der Waals surface area contributed by atoms with Gasteiger partial charge >= 0.3 is 13.8 Å². The molecule has 0 amide bonds. The lowest BCUT2D eigenvalue weighted by molar-refractivity contribution is -0.140. The van der Waals surface area contributed by atoms with Crippen LogP contribution in [0.3, 0.4) is 0 Å². The van der Waals surface area contributed by atoms with Crippen LogP contribution in [-0.4, -0.2) is 35.1 Å². The van der Waals surface area contributed by atoms with Gasteiger partial charge in [0, 0.05) is 6.08 Å². The Balaban J connectivity index is 2.55. The van der Waals surface area contributed by atoms with E-state index < -0.39 is 19.9 Å². The monoisotopic (exact) mass is 302 g/mol. The Morgan fingerprint density at radius 1 is 1.30 bits per heavy atom. The summed E-state index contributed by atoms with van der Waals surface area (Å²) < 4.78 is 25.3. The van der Waals surface area contributed by atoms with Gasteiger partial charge in [-0.15, -0.1) is 0 Å². The zero-order valence-electron chi connectivity index (χ0n) is 10.5. The third-order valence-electron chi connectivity index (χ3n) is 2.04. The van der Waals surface area contributed by atoms with Gasteiger partial charge in [0.25, 0.3) is 0 Å². The quantitative estimate of drug-likeness (QED) is 0.423. The minimum absolute atomic E-state index is 0.181. The largest absolute Gasteiger partial charge is 0.491 e. The van der Waals surface area contributed by atoms with Crippen molar-refractivity contribution in [3.8, 4) is 5.75 Å². The standard InChI is InChI=1S/C12H15O7P/c1-2-12(13)18-9-11(19-20(14,15)16)8-17-10-6-4-3-5-7-10/h2-7,11H,1,8-9H2,(H2,14,15,16). The number of para-hydroxylation sites is 1. The molecule has 1 atom stereocenters. The van der Waals surface area contributed by atoms with Crippen molar-refractivity contribution >= 4 is 13.8 Å². The summed E-state index contributed by atoms with van der Waals surface area (Å²) in [4.78, 5) is 28.5. The van der Waals surface area contributed by atoms with E-state index in [0.29, 0.717) is 5.75 Å². The molecule has 0 heterocycles. The molecule has 0 aliphatic heterocycles. The molecule has 0 fully saturated rings. The van der Waals surface area contributed by atoms with E-state index in [1.54, 1.807) is 30.3 Å². The van der Waals surface area contributed by atoms with Crippen molar-refractivity contribution in [1.29, 1.82) is 0 Å². The molecule has 0 aliphatic carbocycles. The highest BCUT2D eigenvalue weighted by atomic mass is 31.2. The van der Waals surface area contributed by atoms with Gasteiger partial charge in [0.1, 0.15) is 25.1 Å². The summed E-state index contributed by atoms with van der Waals surface area (Å²) in [5.41, 5.74) is 0. The molecule has 0 aliphatic rings. The molecule has 0 saturated carbocycles. The molecular formula is C12H15O7P. The van der Waals surface area contributed by atoms with Crippen molar-refractivity contribution in [2.45, 2.75) is 6.10 Å². The van der Waals surface area contributed by atoms with Crippen molar-refractivity contribution in [1.82, 2.24) is 0 Å². The minimum atomic E-state index is -4.71. The average Bonchev–Trinajstić information content (AvgIpc) is 2.41. The summed E-state index contributed by atoms with van der Waals surface area (Å²) in [6.45, 7) is 2.67. The summed E-state index contributed by atoms with van der Waals surface area (Å²) in [5.74, 6) is -0.217. The third kappa shape index (κ3) is 7.06. The molecule has 1 aromatic rings. The van der Waals surface area contributed by atoms with Gasteiger partial charge in [-0.3, -0.25) is 4.52 Å². The topological polar surface area (TPSA) is 102 Å². The van der Waals surface area contributed by atoms with Crippen molar-refractivity contribution in [2.24, 2.45) is 0 Å². The van der Waals surface area contributed by atoms with Crippen molar-refractivity contribution < 1.29 is 33.1 Å². The number of esters is 1. The highest BCUT2D eigenvalue weighted by molar-refractivity contribution is 7.46. The lowest BCUT2D eigenvalue weighted by Gasteiger charge is -2.18. The van der Waals surface area contributed by atoms with Crippen LogP contribution in [-0.2, 0) is 18.6 Å². The maximum atomic E-state index is 10.9. The Hall–Kier alpha value is -1.66. The summed E-state index contributed by atoms with van der Waals surface area (Å²) in [6.07, 6.45) is -0.160. The first-order valence-corrected chi connectivity index (χ1v) is 7.14. The van der Waals surface area contributed by atoms with E-state index in [0.717, 1.165) is 6.08 Å². The van der Waals surface area contributed by atoms with Crippen LogP contribution in [0.1, 0.15) is 0 Å². The van der Waals surface area contributed by atoms with Crippen LogP contribution in [0.4, 0.5) is 0 Å². The maximum Gasteiger partial charge on any atom is 0.470 e. The molecule has 0 bridgehead atoms. The Labute approximate surface area is 116 Å². The first-order valence-electron chi connectivity index (χ1n) is 5.61. The van der Waals surface area contributed by atoms with Crippen molar-refractivity contribution in [3.05, 3.63) is 43.0 Å². The van der Waals surface area contributed by atoms with E-state index in [-0.39, 0.29) is 13.2 Å². The fourth-order valence-corrected chi connectivity index (χ4v) is 1.75. The Morgan fingerprint density at radius 3 is 2.50 bits per heavy atom. The molecule has 1 aromatic carbocycles. The number of hydrogen-bond donors (Lipinski definition) is 2. The third-order valence-corrected chi connectivity index (χ3v) is 2.62. The average molecular weight is 302 g/mol. The van der Waals surface area contributed by atoms with Crippen LogP contribution in [0.5, 0.6) is 5.75 Å². The molecule has 2 N–H and O–H groups in total. The Bertz CT molecular complexity index is 482. The molecule has 0 radical (unpaired) electrons. The molecule has 20 heavy (non-hydrogen) atoms. The second-order valence-electron chi connectivity index (χ2n) is 3.68. The number of carbonyl (C=O) groups is 1. The SMILES string of the molecule is C=CC(=O)OCC(COc1ccccc1)OP(=O)(O)O. The number of ether oxygens (including phenoxy) is 2. The van der Waals surface area contributed by atoms with Gasteiger partial charge < -0.3 is 19.3 Å². The zero-order valence-corrected chi connectivity index (χ0v) is 11.4. The molecule has 1 unspecified atom stereocenters. The fourth-order valence-electron chi connectivity index (χ4n) is 1.24. The number of phosphoric ester groups is 1. The van der Waals surface area contributed by atoms with Gasteiger partial charge in [0.15, 0.2) is 0 Å². The van der Waals surface area contributed by atoms with E-state index >= 15 is 0 Å². The second kappa shape index (κ2) is 7.81. The van der Waals surface area contributed by atoms with E-state index in [1.165, 1.54) is 0 Å². The molecule has 0 aromatic heterocycles. The van der Waals surface area contributed by atoms with Gasteiger partial charge in [0.05, 0.1) is 0 Å². The van der Waals surface area contributed by atoms with Crippen LogP contribution in [0.25, 0.3) is 0 Å². The van der Waals surface area contributed by atoms with Gasteiger partial charge in [-0.05, 0) is 12.1 Å². The number of carbonyl (C=O) groups excluding carboxylic acids is 1. The lowest BCUT2D eigenvalue weighted by Crippen LogP contribution is -2.27. The molecule has 1 rings (SSSR count). The van der Waals surface area contributed by atoms with Crippen molar-refractivity contribution in [2.75, 3.05) is 13.2 Å². The summed E-state index contributed by atoms with van der Waals surface area (Å²) >= 11 is 0. The molecular weight excluding hydrogens is 287 g/mol. The molecule has 7 nitrogen and oxygen atoms in total. The number of rotatable bonds is 8. The molecule has 0 saturated heterocycles.